The van der Waals surface area contributed by atoms with Crippen LogP contribution in [0, 0.1) is 0 Å². The van der Waals surface area contributed by atoms with Crippen molar-refractivity contribution in [3.8, 4) is 17.2 Å². The highest BCUT2D eigenvalue weighted by Gasteiger charge is 2.24. The molecule has 0 atom stereocenters. The van der Waals surface area contributed by atoms with Gasteiger partial charge in [-0.05, 0) is 19.1 Å². The van der Waals surface area contributed by atoms with Gasteiger partial charge in [0, 0.05) is 50.1 Å². The molecule has 2 amide bonds. The van der Waals surface area contributed by atoms with Crippen LogP contribution in [0.4, 0.5) is 15.6 Å². The third-order valence-corrected chi connectivity index (χ3v) is 6.19. The lowest BCUT2D eigenvalue weighted by molar-refractivity contribution is 0.208. The van der Waals surface area contributed by atoms with E-state index in [2.05, 4.69) is 16.3 Å². The number of hydrogen-bond donors (Lipinski definition) is 1. The summed E-state index contributed by atoms with van der Waals surface area (Å²) in [5.74, 6) is 2.07. The molecule has 0 aliphatic carbocycles. The number of piperazine rings is 1. The molecule has 0 spiro atoms. The first-order valence-corrected chi connectivity index (χ1v) is 11.0. The van der Waals surface area contributed by atoms with Gasteiger partial charge in [-0.1, -0.05) is 17.4 Å². The molecule has 9 heteroatoms. The summed E-state index contributed by atoms with van der Waals surface area (Å²) in [6, 6.07) is 11.2. The molecule has 0 bridgehead atoms. The number of ether oxygens (including phenoxy) is 3. The Kier molecular flexibility index (Phi) is 6.31. The number of anilines is 2. The fourth-order valence-corrected chi connectivity index (χ4v) is 4.54. The van der Waals surface area contributed by atoms with Crippen LogP contribution in [-0.2, 0) is 0 Å². The second-order valence-electron chi connectivity index (χ2n) is 7.04. The number of thiazole rings is 1. The van der Waals surface area contributed by atoms with Crippen molar-refractivity contribution in [3.63, 3.8) is 0 Å². The van der Waals surface area contributed by atoms with Crippen molar-refractivity contribution in [1.82, 2.24) is 9.88 Å². The maximum Gasteiger partial charge on any atom is 0.321 e. The van der Waals surface area contributed by atoms with Crippen LogP contribution in [0.15, 0.2) is 36.4 Å². The summed E-state index contributed by atoms with van der Waals surface area (Å²) >= 11 is 1.65. The number of carbonyl (C=O) groups is 1. The Hall–Kier alpha value is -3.20. The van der Waals surface area contributed by atoms with Gasteiger partial charge in [0.1, 0.15) is 22.8 Å². The van der Waals surface area contributed by atoms with Crippen LogP contribution >= 0.6 is 11.3 Å². The highest BCUT2D eigenvalue weighted by molar-refractivity contribution is 7.22. The van der Waals surface area contributed by atoms with Crippen molar-refractivity contribution in [3.05, 3.63) is 36.4 Å². The molecule has 164 valence electrons. The molecule has 1 N–H and O–H groups in total. The van der Waals surface area contributed by atoms with Crippen LogP contribution in [0.1, 0.15) is 6.92 Å². The van der Waals surface area contributed by atoms with E-state index in [1.165, 1.54) is 0 Å². The zero-order valence-electron chi connectivity index (χ0n) is 17.9. The molecule has 8 nitrogen and oxygen atoms in total. The summed E-state index contributed by atoms with van der Waals surface area (Å²) in [6.07, 6.45) is 0. The van der Waals surface area contributed by atoms with Crippen LogP contribution in [-0.4, -0.2) is 62.9 Å². The molecule has 0 radical (unpaired) electrons. The predicted molar refractivity (Wildman–Crippen MR) is 123 cm³/mol. The molecule has 2 heterocycles. The summed E-state index contributed by atoms with van der Waals surface area (Å²) in [5, 5.41) is 3.90. The highest BCUT2D eigenvalue weighted by atomic mass is 32.1. The average molecular weight is 443 g/mol. The number of methoxy groups -OCH3 is 2. The third kappa shape index (κ3) is 4.61. The Balaban J connectivity index is 1.40. The Labute approximate surface area is 185 Å². The van der Waals surface area contributed by atoms with E-state index in [4.69, 9.17) is 19.2 Å². The number of carbonyl (C=O) groups excluding carboxylic acids is 1. The van der Waals surface area contributed by atoms with Gasteiger partial charge in [0.25, 0.3) is 0 Å². The van der Waals surface area contributed by atoms with Gasteiger partial charge in [-0.3, -0.25) is 0 Å². The van der Waals surface area contributed by atoms with Gasteiger partial charge < -0.3 is 29.3 Å². The molecular weight excluding hydrogens is 416 g/mol. The quantitative estimate of drug-likeness (QED) is 0.620. The van der Waals surface area contributed by atoms with Crippen molar-refractivity contribution in [2.75, 3.05) is 57.2 Å². The first kappa shape index (κ1) is 21.0. The normalized spacial score (nSPS) is 13.9. The van der Waals surface area contributed by atoms with Crippen LogP contribution in [0.2, 0.25) is 0 Å². The SMILES string of the molecule is CCOc1cccc2sc(N3CCN(C(=O)Nc4cc(OC)cc(OC)c4)CC3)nc12. The minimum Gasteiger partial charge on any atom is -0.497 e. The average Bonchev–Trinajstić information content (AvgIpc) is 3.24. The van der Waals surface area contributed by atoms with Crippen LogP contribution in [0.25, 0.3) is 10.2 Å². The molecule has 1 aromatic heterocycles. The second-order valence-corrected chi connectivity index (χ2v) is 8.05. The molecule has 3 aromatic rings. The number of rotatable bonds is 6. The summed E-state index contributed by atoms with van der Waals surface area (Å²) in [4.78, 5) is 21.6. The van der Waals surface area contributed by atoms with Gasteiger partial charge in [0.05, 0.1) is 25.5 Å². The summed E-state index contributed by atoms with van der Waals surface area (Å²) < 4.78 is 17.3. The van der Waals surface area contributed by atoms with E-state index < -0.39 is 0 Å². The van der Waals surface area contributed by atoms with Crippen molar-refractivity contribution < 1.29 is 19.0 Å². The number of aromatic nitrogens is 1. The number of amides is 2. The lowest BCUT2D eigenvalue weighted by atomic mass is 10.2. The Morgan fingerprint density at radius 1 is 1.10 bits per heavy atom. The molecule has 1 aliphatic heterocycles. The zero-order chi connectivity index (χ0) is 21.8. The third-order valence-electron chi connectivity index (χ3n) is 5.11. The molecule has 4 rings (SSSR count). The van der Waals surface area contributed by atoms with Crippen LogP contribution in [0.3, 0.4) is 0 Å². The summed E-state index contributed by atoms with van der Waals surface area (Å²) in [6.45, 7) is 5.25. The van der Waals surface area contributed by atoms with Gasteiger partial charge >= 0.3 is 6.03 Å². The Bertz CT molecular complexity index is 1040. The molecule has 0 unspecified atom stereocenters. The van der Waals surface area contributed by atoms with Crippen molar-refractivity contribution in [2.45, 2.75) is 6.92 Å². The lowest BCUT2D eigenvalue weighted by Crippen LogP contribution is -2.50. The number of nitrogens with one attached hydrogen (secondary N) is 1. The fourth-order valence-electron chi connectivity index (χ4n) is 3.50. The monoisotopic (exact) mass is 442 g/mol. The number of urea groups is 1. The number of hydrogen-bond acceptors (Lipinski definition) is 7. The van der Waals surface area contributed by atoms with Crippen LogP contribution < -0.4 is 24.4 Å². The molecule has 1 saturated heterocycles. The first-order valence-electron chi connectivity index (χ1n) is 10.2. The van der Waals surface area contributed by atoms with E-state index >= 15 is 0 Å². The molecule has 31 heavy (non-hydrogen) atoms. The van der Waals surface area contributed by atoms with Gasteiger partial charge in [0.15, 0.2) is 5.13 Å². The maximum absolute atomic E-state index is 12.8. The van der Waals surface area contributed by atoms with Gasteiger partial charge in [0.2, 0.25) is 0 Å². The second kappa shape index (κ2) is 9.30. The zero-order valence-corrected chi connectivity index (χ0v) is 18.7. The molecule has 0 saturated carbocycles. The van der Waals surface area contributed by atoms with Crippen molar-refractivity contribution in [2.24, 2.45) is 0 Å². The van der Waals surface area contributed by atoms with Gasteiger partial charge in [-0.2, -0.15) is 0 Å². The molecule has 2 aromatic carbocycles. The first-order chi connectivity index (χ1) is 15.1. The van der Waals surface area contributed by atoms with E-state index in [-0.39, 0.29) is 6.03 Å². The van der Waals surface area contributed by atoms with E-state index in [0.29, 0.717) is 36.9 Å². The van der Waals surface area contributed by atoms with Crippen LogP contribution in [0.5, 0.6) is 17.2 Å². The Morgan fingerprint density at radius 3 is 2.45 bits per heavy atom. The van der Waals surface area contributed by atoms with Crippen molar-refractivity contribution in [1.29, 1.82) is 0 Å². The summed E-state index contributed by atoms with van der Waals surface area (Å²) in [7, 11) is 3.16. The fraction of sp³-hybridized carbons (Fsp3) is 0.364. The number of benzene rings is 2. The number of nitrogens with zero attached hydrogens (tertiary/aromatic N) is 3. The molecule has 1 aliphatic rings. The smallest absolute Gasteiger partial charge is 0.321 e. The summed E-state index contributed by atoms with van der Waals surface area (Å²) in [5.41, 5.74) is 1.54. The van der Waals surface area contributed by atoms with Gasteiger partial charge in [-0.25, -0.2) is 9.78 Å². The minimum atomic E-state index is -0.141. The Morgan fingerprint density at radius 2 is 1.81 bits per heavy atom. The van der Waals surface area contributed by atoms with Crippen molar-refractivity contribution >= 4 is 38.4 Å². The molecule has 1 fully saturated rings. The maximum atomic E-state index is 12.8. The predicted octanol–water partition coefficient (Wildman–Crippen LogP) is 4.07. The van der Waals surface area contributed by atoms with E-state index in [1.54, 1.807) is 48.7 Å². The lowest BCUT2D eigenvalue weighted by Gasteiger charge is -2.34. The standard InChI is InChI=1S/C22H26N4O4S/c1-4-30-18-6-5-7-19-20(18)24-22(31-19)26-10-8-25(9-11-26)21(27)23-15-12-16(28-2)14-17(13-15)29-3/h5-7,12-14H,4,8-11H2,1-3H3,(H,23,27). The number of para-hydroxylation sites is 1. The van der Waals surface area contributed by atoms with E-state index in [0.717, 1.165) is 34.2 Å². The number of fused-ring (bicyclic) bond motifs is 1. The largest absolute Gasteiger partial charge is 0.497 e. The highest BCUT2D eigenvalue weighted by Crippen LogP contribution is 2.34. The topological polar surface area (TPSA) is 76.2 Å². The molecular formula is C22H26N4O4S. The van der Waals surface area contributed by atoms with E-state index in [1.807, 2.05) is 19.1 Å². The van der Waals surface area contributed by atoms with Gasteiger partial charge in [-0.15, -0.1) is 0 Å². The van der Waals surface area contributed by atoms with E-state index in [9.17, 15) is 4.79 Å². The minimum absolute atomic E-state index is 0.141.